The number of aryl methyl sites for hydroxylation is 1. The van der Waals surface area contributed by atoms with E-state index < -0.39 is 0 Å². The third kappa shape index (κ3) is 3.13. The standard InChI is InChI=1S/C18H16N2O2/c1-13-7-8-17-15(9-13)10-16(18(21)19-17)12-20(22)11-14-5-3-2-4-6-14/h2-10,12,22H,11H2,1H3/b16-12-. The number of carbonyl (C=O) groups is 1. The number of benzene rings is 2. The molecule has 2 aromatic carbocycles. The summed E-state index contributed by atoms with van der Waals surface area (Å²) >= 11 is 0. The van der Waals surface area contributed by atoms with Gasteiger partial charge < -0.3 is 0 Å². The van der Waals surface area contributed by atoms with E-state index in [1.165, 1.54) is 6.20 Å². The van der Waals surface area contributed by atoms with E-state index >= 15 is 0 Å². The maximum Gasteiger partial charge on any atom is 0.279 e. The van der Waals surface area contributed by atoms with E-state index in [4.69, 9.17) is 0 Å². The summed E-state index contributed by atoms with van der Waals surface area (Å²) in [6.45, 7) is 2.30. The Kier molecular flexibility index (Phi) is 3.85. The van der Waals surface area contributed by atoms with Crippen LogP contribution in [0.4, 0.5) is 0 Å². The zero-order valence-corrected chi connectivity index (χ0v) is 12.2. The van der Waals surface area contributed by atoms with Crippen molar-refractivity contribution < 1.29 is 10.0 Å². The van der Waals surface area contributed by atoms with Gasteiger partial charge in [0, 0.05) is 11.4 Å². The first-order valence-corrected chi connectivity index (χ1v) is 7.04. The van der Waals surface area contributed by atoms with Gasteiger partial charge in [-0.1, -0.05) is 42.0 Å². The number of hydrogen-bond donors (Lipinski definition) is 1. The van der Waals surface area contributed by atoms with Gasteiger partial charge in [-0.15, -0.1) is 0 Å². The molecule has 4 nitrogen and oxygen atoms in total. The Hall–Kier alpha value is -2.72. The fraction of sp³-hybridized carbons (Fsp3) is 0.111. The average molecular weight is 292 g/mol. The second-order valence-electron chi connectivity index (χ2n) is 5.29. The lowest BCUT2D eigenvalue weighted by Crippen LogP contribution is -2.31. The lowest BCUT2D eigenvalue weighted by molar-refractivity contribution is -0.114. The van der Waals surface area contributed by atoms with E-state index in [0.29, 0.717) is 17.5 Å². The van der Waals surface area contributed by atoms with Gasteiger partial charge in [-0.2, -0.15) is 0 Å². The molecule has 22 heavy (non-hydrogen) atoms. The smallest absolute Gasteiger partial charge is 0.279 e. The van der Waals surface area contributed by atoms with Crippen LogP contribution in [0.25, 0.3) is 6.08 Å². The Labute approximate surface area is 128 Å². The van der Waals surface area contributed by atoms with E-state index in [0.717, 1.165) is 21.4 Å². The Balaban J connectivity index is 1.89. The van der Waals surface area contributed by atoms with Crippen LogP contribution >= 0.6 is 0 Å². The summed E-state index contributed by atoms with van der Waals surface area (Å²) < 4.78 is 0. The molecule has 1 N–H and O–H groups in total. The number of amides is 1. The number of hydrogen-bond acceptors (Lipinski definition) is 3. The quantitative estimate of drug-likeness (QED) is 0.692. The number of rotatable bonds is 3. The van der Waals surface area contributed by atoms with Crippen molar-refractivity contribution in [2.24, 2.45) is 4.99 Å². The summed E-state index contributed by atoms with van der Waals surface area (Å²) in [7, 11) is 0. The number of fused-ring (bicyclic) bond motifs is 1. The second-order valence-corrected chi connectivity index (χ2v) is 5.29. The highest BCUT2D eigenvalue weighted by Crippen LogP contribution is 2.08. The van der Waals surface area contributed by atoms with E-state index in [1.54, 1.807) is 6.08 Å². The van der Waals surface area contributed by atoms with Crippen LogP contribution < -0.4 is 10.6 Å². The lowest BCUT2D eigenvalue weighted by Gasteiger charge is -2.13. The molecule has 0 fully saturated rings. The van der Waals surface area contributed by atoms with Crippen LogP contribution in [0, 0.1) is 6.92 Å². The fourth-order valence-corrected chi connectivity index (χ4v) is 2.36. The number of hydroxylamine groups is 2. The first-order chi connectivity index (χ1) is 10.6. The third-order valence-corrected chi connectivity index (χ3v) is 3.44. The summed E-state index contributed by atoms with van der Waals surface area (Å²) in [5.41, 5.74) is 2.43. The van der Waals surface area contributed by atoms with Gasteiger partial charge in [0.2, 0.25) is 0 Å². The first kappa shape index (κ1) is 14.2. The van der Waals surface area contributed by atoms with Crippen LogP contribution in [0.1, 0.15) is 11.1 Å². The molecule has 1 aliphatic rings. The van der Waals surface area contributed by atoms with E-state index in [1.807, 2.05) is 55.5 Å². The molecule has 0 saturated heterocycles. The molecular weight excluding hydrogens is 276 g/mol. The molecule has 1 aliphatic heterocycles. The van der Waals surface area contributed by atoms with Crippen molar-refractivity contribution in [1.29, 1.82) is 0 Å². The Morgan fingerprint density at radius 2 is 1.95 bits per heavy atom. The van der Waals surface area contributed by atoms with Crippen molar-refractivity contribution >= 4 is 12.0 Å². The Morgan fingerprint density at radius 3 is 2.73 bits per heavy atom. The molecule has 4 heteroatoms. The summed E-state index contributed by atoms with van der Waals surface area (Å²) in [4.78, 5) is 16.1. The van der Waals surface area contributed by atoms with Crippen LogP contribution in [0.15, 0.2) is 65.3 Å². The molecule has 0 spiro atoms. The number of carbonyl (C=O) groups excluding carboxylic acids is 1. The molecule has 0 saturated carbocycles. The normalized spacial score (nSPS) is 15.0. The van der Waals surface area contributed by atoms with Gasteiger partial charge >= 0.3 is 0 Å². The van der Waals surface area contributed by atoms with Crippen molar-refractivity contribution in [3.05, 3.63) is 82.0 Å². The molecule has 1 amide bonds. The predicted molar refractivity (Wildman–Crippen MR) is 83.3 cm³/mol. The highest BCUT2D eigenvalue weighted by Gasteiger charge is 2.11. The molecule has 0 aromatic heterocycles. The van der Waals surface area contributed by atoms with E-state index in [2.05, 4.69) is 4.99 Å². The van der Waals surface area contributed by atoms with E-state index in [9.17, 15) is 10.0 Å². The van der Waals surface area contributed by atoms with Crippen LogP contribution in [-0.2, 0) is 11.3 Å². The van der Waals surface area contributed by atoms with Gasteiger partial charge in [0.05, 0.1) is 17.5 Å². The molecule has 0 radical (unpaired) electrons. The van der Waals surface area contributed by atoms with Crippen molar-refractivity contribution in [1.82, 2.24) is 5.06 Å². The summed E-state index contributed by atoms with van der Waals surface area (Å²) in [6, 6.07) is 15.3. The molecular formula is C18H16N2O2. The molecule has 3 rings (SSSR count). The van der Waals surface area contributed by atoms with Crippen molar-refractivity contribution in [2.75, 3.05) is 0 Å². The Morgan fingerprint density at radius 1 is 1.18 bits per heavy atom. The van der Waals surface area contributed by atoms with Gasteiger partial charge in [-0.05, 0) is 30.7 Å². The SMILES string of the molecule is Cc1ccc2c(c1)=C/C(=C/N(O)Cc1ccccc1)C(=O)N=2. The minimum Gasteiger partial charge on any atom is -0.289 e. The van der Waals surface area contributed by atoms with Gasteiger partial charge in [0.1, 0.15) is 0 Å². The minimum atomic E-state index is -0.344. The zero-order valence-electron chi connectivity index (χ0n) is 12.2. The van der Waals surface area contributed by atoms with Gasteiger partial charge in [0.25, 0.3) is 5.91 Å². The maximum absolute atomic E-state index is 12.0. The summed E-state index contributed by atoms with van der Waals surface area (Å²) in [6.07, 6.45) is 3.18. The average Bonchev–Trinajstić information content (AvgIpc) is 2.49. The summed E-state index contributed by atoms with van der Waals surface area (Å²) in [5.74, 6) is -0.344. The fourth-order valence-electron chi connectivity index (χ4n) is 2.36. The molecule has 0 unspecified atom stereocenters. The molecule has 0 aliphatic carbocycles. The van der Waals surface area contributed by atoms with Crippen molar-refractivity contribution in [3.8, 4) is 0 Å². The topological polar surface area (TPSA) is 52.9 Å². The second kappa shape index (κ2) is 5.95. The van der Waals surface area contributed by atoms with Crippen molar-refractivity contribution in [2.45, 2.75) is 13.5 Å². The molecule has 1 heterocycles. The lowest BCUT2D eigenvalue weighted by atomic mass is 10.1. The molecule has 2 aromatic rings. The van der Waals surface area contributed by atoms with Gasteiger partial charge in [0.15, 0.2) is 0 Å². The van der Waals surface area contributed by atoms with Crippen molar-refractivity contribution in [3.63, 3.8) is 0 Å². The van der Waals surface area contributed by atoms with E-state index in [-0.39, 0.29) is 5.91 Å². The third-order valence-electron chi connectivity index (χ3n) is 3.44. The van der Waals surface area contributed by atoms with Gasteiger partial charge in [-0.3, -0.25) is 15.1 Å². The monoisotopic (exact) mass is 292 g/mol. The highest BCUT2D eigenvalue weighted by atomic mass is 16.5. The largest absolute Gasteiger partial charge is 0.289 e. The van der Waals surface area contributed by atoms with Crippen LogP contribution in [0.3, 0.4) is 0 Å². The van der Waals surface area contributed by atoms with Crippen LogP contribution in [0.5, 0.6) is 0 Å². The first-order valence-electron chi connectivity index (χ1n) is 7.04. The maximum atomic E-state index is 12.0. The number of nitrogens with zero attached hydrogens (tertiary/aromatic N) is 2. The van der Waals surface area contributed by atoms with Crippen LogP contribution in [0.2, 0.25) is 0 Å². The Bertz CT molecular complexity index is 854. The zero-order chi connectivity index (χ0) is 15.5. The van der Waals surface area contributed by atoms with Crippen LogP contribution in [-0.4, -0.2) is 16.2 Å². The summed E-state index contributed by atoms with van der Waals surface area (Å²) in [5, 5.41) is 12.6. The molecule has 0 bridgehead atoms. The molecule has 110 valence electrons. The predicted octanol–water partition coefficient (Wildman–Crippen LogP) is 1.71. The van der Waals surface area contributed by atoms with Gasteiger partial charge in [-0.25, -0.2) is 4.99 Å². The minimum absolute atomic E-state index is 0.312. The highest BCUT2D eigenvalue weighted by molar-refractivity contribution is 6.02. The molecule has 0 atom stereocenters.